The maximum atomic E-state index is 13.1. The van der Waals surface area contributed by atoms with E-state index >= 15 is 0 Å². The fraction of sp³-hybridized carbons (Fsp3) is 0.125. The van der Waals surface area contributed by atoms with Crippen LogP contribution < -0.4 is 9.47 Å². The first kappa shape index (κ1) is 15.0. The third kappa shape index (κ3) is 3.45. The summed E-state index contributed by atoms with van der Waals surface area (Å²) in [7, 11) is 1.56. The highest BCUT2D eigenvalue weighted by atomic mass is 19.2. The number of hydrogen-bond donors (Lipinski definition) is 0. The molecule has 0 unspecified atom stereocenters. The summed E-state index contributed by atoms with van der Waals surface area (Å²) in [6, 6.07) is 10.4. The molecule has 0 saturated heterocycles. The van der Waals surface area contributed by atoms with Crippen molar-refractivity contribution in [1.29, 1.82) is 0 Å². The van der Waals surface area contributed by atoms with Crippen molar-refractivity contribution in [1.82, 2.24) is 10.2 Å². The summed E-state index contributed by atoms with van der Waals surface area (Å²) in [5.41, 5.74) is 0.705. The van der Waals surface area contributed by atoms with Crippen LogP contribution in [0.25, 0.3) is 11.5 Å². The lowest BCUT2D eigenvalue weighted by Crippen LogP contribution is -1.96. The second-order valence-corrected chi connectivity index (χ2v) is 4.60. The zero-order chi connectivity index (χ0) is 16.2. The molecule has 7 heteroatoms. The maximum Gasteiger partial charge on any atom is 0.254 e. The lowest BCUT2D eigenvalue weighted by Gasteiger charge is -2.03. The van der Waals surface area contributed by atoms with Gasteiger partial charge in [-0.2, -0.15) is 0 Å². The number of nitrogens with zero attached hydrogens (tertiary/aromatic N) is 2. The molecule has 0 spiro atoms. The Balaban J connectivity index is 1.70. The summed E-state index contributed by atoms with van der Waals surface area (Å²) < 4.78 is 41.8. The van der Waals surface area contributed by atoms with Gasteiger partial charge >= 0.3 is 0 Å². The molecule has 0 radical (unpaired) electrons. The van der Waals surface area contributed by atoms with E-state index in [-0.39, 0.29) is 18.2 Å². The summed E-state index contributed by atoms with van der Waals surface area (Å²) in [6.07, 6.45) is 0. The second-order valence-electron chi connectivity index (χ2n) is 4.60. The fourth-order valence-corrected chi connectivity index (χ4v) is 1.90. The number of rotatable bonds is 5. The molecule has 0 N–H and O–H groups in total. The van der Waals surface area contributed by atoms with Gasteiger partial charge in [-0.05, 0) is 30.3 Å². The van der Waals surface area contributed by atoms with Crippen LogP contribution in [0.1, 0.15) is 5.89 Å². The van der Waals surface area contributed by atoms with Gasteiger partial charge in [0, 0.05) is 11.6 Å². The quantitative estimate of drug-likeness (QED) is 0.719. The summed E-state index contributed by atoms with van der Waals surface area (Å²) in [5, 5.41) is 7.77. The van der Waals surface area contributed by atoms with Crippen molar-refractivity contribution in [2.75, 3.05) is 7.11 Å². The van der Waals surface area contributed by atoms with Gasteiger partial charge in [0.1, 0.15) is 11.5 Å². The van der Waals surface area contributed by atoms with Crippen LogP contribution in [0.3, 0.4) is 0 Å². The van der Waals surface area contributed by atoms with Crippen molar-refractivity contribution < 1.29 is 22.7 Å². The molecule has 0 aliphatic heterocycles. The second kappa shape index (κ2) is 6.43. The zero-order valence-electron chi connectivity index (χ0n) is 12.1. The van der Waals surface area contributed by atoms with E-state index in [1.165, 1.54) is 6.07 Å². The largest absolute Gasteiger partial charge is 0.497 e. The third-order valence-electron chi connectivity index (χ3n) is 3.04. The summed E-state index contributed by atoms with van der Waals surface area (Å²) in [4.78, 5) is 0. The van der Waals surface area contributed by atoms with Crippen LogP contribution in [-0.4, -0.2) is 17.3 Å². The number of benzene rings is 2. The Kier molecular flexibility index (Phi) is 4.18. The van der Waals surface area contributed by atoms with Crippen molar-refractivity contribution in [3.05, 3.63) is 60.0 Å². The Morgan fingerprint density at radius 1 is 1.00 bits per heavy atom. The normalized spacial score (nSPS) is 10.6. The zero-order valence-corrected chi connectivity index (χ0v) is 12.1. The molecule has 0 atom stereocenters. The molecule has 5 nitrogen and oxygen atoms in total. The molecule has 0 bridgehead atoms. The first-order chi connectivity index (χ1) is 11.2. The average molecular weight is 318 g/mol. The van der Waals surface area contributed by atoms with Gasteiger partial charge in [0.25, 0.3) is 5.89 Å². The van der Waals surface area contributed by atoms with Crippen molar-refractivity contribution in [2.24, 2.45) is 0 Å². The van der Waals surface area contributed by atoms with Crippen LogP contribution in [0.15, 0.2) is 46.9 Å². The molecule has 3 rings (SSSR count). The SMILES string of the molecule is COc1cccc(-c2nnc(COc3ccc(F)c(F)c3)o2)c1. The number of halogens is 2. The monoisotopic (exact) mass is 318 g/mol. The maximum absolute atomic E-state index is 13.1. The van der Waals surface area contributed by atoms with Crippen molar-refractivity contribution in [3.8, 4) is 23.0 Å². The minimum atomic E-state index is -0.981. The van der Waals surface area contributed by atoms with E-state index in [4.69, 9.17) is 13.9 Å². The molecule has 0 saturated carbocycles. The van der Waals surface area contributed by atoms with E-state index in [2.05, 4.69) is 10.2 Å². The van der Waals surface area contributed by atoms with E-state index in [9.17, 15) is 8.78 Å². The number of aromatic nitrogens is 2. The highest BCUT2D eigenvalue weighted by molar-refractivity contribution is 5.55. The van der Waals surface area contributed by atoms with E-state index in [1.54, 1.807) is 31.4 Å². The molecular weight excluding hydrogens is 306 g/mol. The van der Waals surface area contributed by atoms with Gasteiger partial charge in [-0.3, -0.25) is 0 Å². The molecule has 1 heterocycles. The molecule has 3 aromatic rings. The first-order valence-corrected chi connectivity index (χ1v) is 6.70. The van der Waals surface area contributed by atoms with Crippen molar-refractivity contribution in [2.45, 2.75) is 6.61 Å². The van der Waals surface area contributed by atoms with Crippen LogP contribution in [-0.2, 0) is 6.61 Å². The third-order valence-corrected chi connectivity index (χ3v) is 3.04. The van der Waals surface area contributed by atoms with Crippen molar-refractivity contribution in [3.63, 3.8) is 0 Å². The lowest BCUT2D eigenvalue weighted by molar-refractivity contribution is 0.262. The molecule has 0 fully saturated rings. The molecule has 0 amide bonds. The Labute approximate surface area is 130 Å². The van der Waals surface area contributed by atoms with Crippen LogP contribution in [0.5, 0.6) is 11.5 Å². The van der Waals surface area contributed by atoms with Gasteiger partial charge in [-0.1, -0.05) is 6.07 Å². The molecule has 2 aromatic carbocycles. The molecule has 118 valence electrons. The smallest absolute Gasteiger partial charge is 0.254 e. The van der Waals surface area contributed by atoms with E-state index < -0.39 is 11.6 Å². The van der Waals surface area contributed by atoms with Crippen LogP contribution in [0, 0.1) is 11.6 Å². The number of methoxy groups -OCH3 is 1. The molecule has 23 heavy (non-hydrogen) atoms. The standard InChI is InChI=1S/C16H12F2N2O3/c1-21-11-4-2-3-10(7-11)16-20-19-15(23-16)9-22-12-5-6-13(17)14(18)8-12/h2-8H,9H2,1H3. The fourth-order valence-electron chi connectivity index (χ4n) is 1.90. The van der Waals surface area contributed by atoms with Crippen LogP contribution in [0.2, 0.25) is 0 Å². The topological polar surface area (TPSA) is 57.4 Å². The van der Waals surface area contributed by atoms with Gasteiger partial charge in [0.2, 0.25) is 5.89 Å². The molecule has 0 aliphatic rings. The predicted molar refractivity (Wildman–Crippen MR) is 77.0 cm³/mol. The number of hydrogen-bond acceptors (Lipinski definition) is 5. The average Bonchev–Trinajstić information content (AvgIpc) is 3.05. The molecular formula is C16H12F2N2O3. The highest BCUT2D eigenvalue weighted by Gasteiger charge is 2.10. The first-order valence-electron chi connectivity index (χ1n) is 6.70. The minimum Gasteiger partial charge on any atom is -0.497 e. The number of ether oxygens (including phenoxy) is 2. The van der Waals surface area contributed by atoms with Gasteiger partial charge < -0.3 is 13.9 Å². The summed E-state index contributed by atoms with van der Waals surface area (Å²) in [6.45, 7) is -0.0535. The van der Waals surface area contributed by atoms with Gasteiger partial charge in [0.15, 0.2) is 18.2 Å². The Morgan fingerprint density at radius 2 is 1.87 bits per heavy atom. The predicted octanol–water partition coefficient (Wildman–Crippen LogP) is 3.60. The van der Waals surface area contributed by atoms with Crippen LogP contribution in [0.4, 0.5) is 8.78 Å². The summed E-state index contributed by atoms with van der Waals surface area (Å²) >= 11 is 0. The van der Waals surface area contributed by atoms with Crippen LogP contribution >= 0.6 is 0 Å². The molecule has 1 aromatic heterocycles. The van der Waals surface area contributed by atoms with Gasteiger partial charge in [0.05, 0.1) is 7.11 Å². The van der Waals surface area contributed by atoms with E-state index in [0.29, 0.717) is 17.2 Å². The van der Waals surface area contributed by atoms with Gasteiger partial charge in [-0.15, -0.1) is 10.2 Å². The Bertz CT molecular complexity index is 821. The summed E-state index contributed by atoms with van der Waals surface area (Å²) in [5.74, 6) is -0.550. The van der Waals surface area contributed by atoms with E-state index in [1.807, 2.05) is 0 Å². The Morgan fingerprint density at radius 3 is 2.65 bits per heavy atom. The van der Waals surface area contributed by atoms with Gasteiger partial charge in [-0.25, -0.2) is 8.78 Å². The lowest BCUT2D eigenvalue weighted by atomic mass is 10.2. The highest BCUT2D eigenvalue weighted by Crippen LogP contribution is 2.23. The Hall–Kier alpha value is -2.96. The minimum absolute atomic E-state index is 0.0535. The van der Waals surface area contributed by atoms with E-state index in [0.717, 1.165) is 12.1 Å². The van der Waals surface area contributed by atoms with Crippen molar-refractivity contribution >= 4 is 0 Å². The molecule has 0 aliphatic carbocycles.